The van der Waals surface area contributed by atoms with Gasteiger partial charge in [0.05, 0.1) is 0 Å². The number of rotatable bonds is 1. The van der Waals surface area contributed by atoms with E-state index in [1.54, 1.807) is 0 Å². The Bertz CT molecular complexity index is 172. The first-order valence-electron chi connectivity index (χ1n) is 5.12. The Balaban J connectivity index is 0.00000169. The van der Waals surface area contributed by atoms with Crippen molar-refractivity contribution in [3.63, 3.8) is 0 Å². The van der Waals surface area contributed by atoms with E-state index >= 15 is 0 Å². The van der Waals surface area contributed by atoms with Gasteiger partial charge in [0.2, 0.25) is 0 Å². The summed E-state index contributed by atoms with van der Waals surface area (Å²) in [4.78, 5) is 2.49. The van der Waals surface area contributed by atoms with Gasteiger partial charge in [0.1, 0.15) is 0 Å². The van der Waals surface area contributed by atoms with Crippen LogP contribution in [0.1, 0.15) is 40.5 Å². The van der Waals surface area contributed by atoms with E-state index in [9.17, 15) is 0 Å². The molecule has 1 aliphatic rings. The quantitative estimate of drug-likeness (QED) is 0.717. The number of piperidine rings is 1. The van der Waals surface area contributed by atoms with Crippen LogP contribution in [0.25, 0.3) is 5.32 Å². The Morgan fingerprint density at radius 3 is 1.71 bits per heavy atom. The maximum absolute atomic E-state index is 4.45. The number of hydrogen-bond acceptors (Lipinski definition) is 1. The van der Waals surface area contributed by atoms with Gasteiger partial charge in [-0.05, 0) is 34.7 Å². The molecule has 0 saturated carbocycles. The average Bonchev–Trinajstić information content (AvgIpc) is 1.99. The molecule has 0 aromatic heterocycles. The second-order valence-corrected chi connectivity index (χ2v) is 5.50. The molecular formula is C11H23N2Y-. The van der Waals surface area contributed by atoms with Gasteiger partial charge in [0.15, 0.2) is 0 Å². The first kappa shape index (κ1) is 15.0. The molecule has 1 fully saturated rings. The fraction of sp³-hybridized carbons (Fsp3) is 1.00. The molecule has 0 spiro atoms. The summed E-state index contributed by atoms with van der Waals surface area (Å²) in [6.45, 7) is 9.25. The molecule has 0 unspecified atom stereocenters. The van der Waals surface area contributed by atoms with Gasteiger partial charge >= 0.3 is 0 Å². The third kappa shape index (κ3) is 3.01. The summed E-state index contributed by atoms with van der Waals surface area (Å²) in [5.74, 6) is 0. The SMILES string of the molecule is C[N-]C1CC(C)(C)N(C)C(C)(C)C1.[Y]. The fourth-order valence-electron chi connectivity index (χ4n) is 2.50. The molecule has 1 aliphatic heterocycles. The van der Waals surface area contributed by atoms with Gasteiger partial charge in [-0.15, -0.1) is 6.04 Å². The van der Waals surface area contributed by atoms with E-state index in [1.165, 1.54) is 12.8 Å². The van der Waals surface area contributed by atoms with Crippen molar-refractivity contribution in [3.8, 4) is 0 Å². The summed E-state index contributed by atoms with van der Waals surface area (Å²) >= 11 is 0. The van der Waals surface area contributed by atoms with Gasteiger partial charge in [-0.25, -0.2) is 0 Å². The van der Waals surface area contributed by atoms with Gasteiger partial charge in [-0.1, -0.05) is 12.8 Å². The van der Waals surface area contributed by atoms with Gasteiger partial charge in [-0.2, -0.15) is 7.05 Å². The third-order valence-corrected chi connectivity index (χ3v) is 3.65. The second-order valence-electron chi connectivity index (χ2n) is 5.50. The Morgan fingerprint density at radius 2 is 1.43 bits per heavy atom. The molecule has 2 nitrogen and oxygen atoms in total. The van der Waals surface area contributed by atoms with Crippen molar-refractivity contribution in [2.45, 2.75) is 57.7 Å². The van der Waals surface area contributed by atoms with Crippen LogP contribution in [0, 0.1) is 0 Å². The van der Waals surface area contributed by atoms with Gasteiger partial charge in [0.25, 0.3) is 0 Å². The molecule has 0 aromatic rings. The minimum absolute atomic E-state index is 0. The normalized spacial score (nSPS) is 27.0. The average molecular weight is 272 g/mol. The zero-order chi connectivity index (χ0) is 10.3. The molecule has 0 amide bonds. The van der Waals surface area contributed by atoms with E-state index in [2.05, 4.69) is 45.0 Å². The Hall–Kier alpha value is 1.02. The topological polar surface area (TPSA) is 17.3 Å². The summed E-state index contributed by atoms with van der Waals surface area (Å²) in [6, 6.07) is 0.543. The van der Waals surface area contributed by atoms with Crippen LogP contribution in [0.5, 0.6) is 0 Å². The Labute approximate surface area is 114 Å². The van der Waals surface area contributed by atoms with Crippen molar-refractivity contribution in [2.75, 3.05) is 14.1 Å². The van der Waals surface area contributed by atoms with E-state index in [0.29, 0.717) is 6.04 Å². The molecule has 1 radical (unpaired) electrons. The maximum Gasteiger partial charge on any atom is 0.0141 e. The van der Waals surface area contributed by atoms with Crippen molar-refractivity contribution in [1.29, 1.82) is 0 Å². The predicted molar refractivity (Wildman–Crippen MR) is 58.2 cm³/mol. The second kappa shape index (κ2) is 4.90. The van der Waals surface area contributed by atoms with Gasteiger partial charge in [-0.3, -0.25) is 4.90 Å². The summed E-state index contributed by atoms with van der Waals surface area (Å²) in [6.07, 6.45) is 2.37. The smallest absolute Gasteiger partial charge is 0.0141 e. The molecule has 0 aromatic carbocycles. The van der Waals surface area contributed by atoms with E-state index < -0.39 is 0 Å². The first-order chi connectivity index (χ1) is 5.79. The molecule has 0 bridgehead atoms. The molecule has 3 heteroatoms. The largest absolute Gasteiger partial charge is 0.662 e. The van der Waals surface area contributed by atoms with Crippen molar-refractivity contribution in [3.05, 3.63) is 5.32 Å². The molecular weight excluding hydrogens is 249 g/mol. The molecule has 0 N–H and O–H groups in total. The van der Waals surface area contributed by atoms with Gasteiger partial charge < -0.3 is 5.32 Å². The van der Waals surface area contributed by atoms with Crippen LogP contribution in [0.2, 0.25) is 0 Å². The summed E-state index contributed by atoms with van der Waals surface area (Å²) in [7, 11) is 4.17. The van der Waals surface area contributed by atoms with Crippen LogP contribution in [0.15, 0.2) is 0 Å². The molecule has 0 atom stereocenters. The number of nitrogens with zero attached hydrogens (tertiary/aromatic N) is 2. The van der Waals surface area contributed by atoms with Crippen LogP contribution >= 0.6 is 0 Å². The summed E-state index contributed by atoms with van der Waals surface area (Å²) in [5, 5.41) is 4.45. The number of likely N-dealkylation sites (tertiary alicyclic amines) is 1. The van der Waals surface area contributed by atoms with E-state index in [0.717, 1.165) is 0 Å². The van der Waals surface area contributed by atoms with Crippen LogP contribution in [0.3, 0.4) is 0 Å². The van der Waals surface area contributed by atoms with E-state index in [-0.39, 0.29) is 43.8 Å². The zero-order valence-electron chi connectivity index (χ0n) is 10.5. The third-order valence-electron chi connectivity index (χ3n) is 3.65. The molecule has 0 aliphatic carbocycles. The summed E-state index contributed by atoms with van der Waals surface area (Å²) < 4.78 is 0. The van der Waals surface area contributed by atoms with Crippen LogP contribution in [-0.4, -0.2) is 36.1 Å². The Kier molecular flexibility index (Phi) is 5.26. The van der Waals surface area contributed by atoms with Gasteiger partial charge in [0, 0.05) is 43.8 Å². The molecule has 81 valence electrons. The molecule has 1 heterocycles. The minimum Gasteiger partial charge on any atom is -0.662 e. The summed E-state index contributed by atoms with van der Waals surface area (Å²) in [5.41, 5.74) is 0.567. The zero-order valence-corrected chi connectivity index (χ0v) is 13.3. The van der Waals surface area contributed by atoms with Crippen LogP contribution in [-0.2, 0) is 32.7 Å². The van der Waals surface area contributed by atoms with E-state index in [4.69, 9.17) is 0 Å². The van der Waals surface area contributed by atoms with Crippen LogP contribution < -0.4 is 0 Å². The Morgan fingerprint density at radius 1 is 1.07 bits per heavy atom. The molecule has 1 saturated heterocycles. The predicted octanol–water partition coefficient (Wildman–Crippen LogP) is 2.64. The fourth-order valence-corrected chi connectivity index (χ4v) is 2.50. The minimum atomic E-state index is 0. The van der Waals surface area contributed by atoms with E-state index in [1.807, 2.05) is 7.05 Å². The standard InChI is InChI=1S/C11H23N2.Y/c1-10(2)7-9(12-5)8-11(3,4)13(10)6;/h9H,7-8H2,1-6H3;/q-1;. The first-order valence-corrected chi connectivity index (χ1v) is 5.12. The van der Waals surface area contributed by atoms with Crippen molar-refractivity contribution in [2.24, 2.45) is 0 Å². The van der Waals surface area contributed by atoms with Crippen LogP contribution in [0.4, 0.5) is 0 Å². The monoisotopic (exact) mass is 272 g/mol. The molecule has 14 heavy (non-hydrogen) atoms. The van der Waals surface area contributed by atoms with Crippen molar-refractivity contribution in [1.82, 2.24) is 4.90 Å². The maximum atomic E-state index is 4.45. The van der Waals surface area contributed by atoms with Crippen molar-refractivity contribution < 1.29 is 32.7 Å². The number of hydrogen-bond donors (Lipinski definition) is 0. The molecule has 1 rings (SSSR count). The van der Waals surface area contributed by atoms with Crippen molar-refractivity contribution >= 4 is 0 Å².